The fraction of sp³-hybridized carbons (Fsp3) is 0.417. The molecule has 0 spiro atoms. The number of ether oxygens (including phenoxy) is 1. The number of rotatable bonds is 2. The van der Waals surface area contributed by atoms with Gasteiger partial charge in [-0.05, 0) is 57.0 Å². The van der Waals surface area contributed by atoms with Crippen LogP contribution in [-0.4, -0.2) is 17.0 Å². The Morgan fingerprint density at radius 2 is 2.00 bits per heavy atom. The van der Waals surface area contributed by atoms with Crippen molar-refractivity contribution in [2.24, 2.45) is 5.16 Å². The molecule has 1 aromatic carbocycles. The summed E-state index contributed by atoms with van der Waals surface area (Å²) < 4.78 is 5.71. The lowest BCUT2D eigenvalue weighted by Crippen LogP contribution is -2.22. The third kappa shape index (κ3) is 3.62. The number of hydrogen-bond acceptors (Lipinski definition) is 3. The maximum atomic E-state index is 8.44. The summed E-state index contributed by atoms with van der Waals surface area (Å²) in [6, 6.07) is 5.67. The Kier molecular flexibility index (Phi) is 3.35. The molecule has 1 N–H and O–H groups in total. The minimum absolute atomic E-state index is 0.195. The van der Waals surface area contributed by atoms with Gasteiger partial charge in [-0.3, -0.25) is 0 Å². The zero-order valence-electron chi connectivity index (χ0n) is 9.61. The molecule has 0 aliphatic rings. The molecule has 0 bridgehead atoms. The van der Waals surface area contributed by atoms with Crippen LogP contribution < -0.4 is 4.74 Å². The molecule has 0 aliphatic heterocycles. The number of oxime groups is 1. The molecular formula is C12H17NO2. The van der Waals surface area contributed by atoms with Gasteiger partial charge in [-0.2, -0.15) is 0 Å². The van der Waals surface area contributed by atoms with Crippen molar-refractivity contribution in [2.45, 2.75) is 33.3 Å². The molecule has 0 heterocycles. The Morgan fingerprint density at radius 1 is 1.33 bits per heavy atom. The molecule has 0 aromatic heterocycles. The van der Waals surface area contributed by atoms with Crippen LogP contribution in [0.15, 0.2) is 23.4 Å². The first-order valence-electron chi connectivity index (χ1n) is 4.89. The van der Waals surface area contributed by atoms with Gasteiger partial charge in [-0.15, -0.1) is 0 Å². The normalized spacial score (nSPS) is 12.0. The molecule has 1 aromatic rings. The molecule has 0 fully saturated rings. The van der Waals surface area contributed by atoms with E-state index in [-0.39, 0.29) is 5.60 Å². The average Bonchev–Trinajstić information content (AvgIpc) is 2.07. The summed E-state index contributed by atoms with van der Waals surface area (Å²) in [5.74, 6) is 0.829. The molecule has 82 valence electrons. The summed E-state index contributed by atoms with van der Waals surface area (Å²) in [4.78, 5) is 0. The van der Waals surface area contributed by atoms with E-state index in [1.165, 1.54) is 6.21 Å². The molecule has 3 heteroatoms. The van der Waals surface area contributed by atoms with Crippen molar-refractivity contribution >= 4 is 6.21 Å². The fourth-order valence-corrected chi connectivity index (χ4v) is 1.27. The second-order valence-electron chi connectivity index (χ2n) is 4.48. The highest BCUT2D eigenvalue weighted by Gasteiger charge is 2.11. The van der Waals surface area contributed by atoms with Gasteiger partial charge >= 0.3 is 0 Å². The minimum atomic E-state index is -0.195. The second kappa shape index (κ2) is 4.34. The predicted octanol–water partition coefficient (Wildman–Crippen LogP) is 2.98. The first-order chi connectivity index (χ1) is 6.92. The molecule has 1 rings (SSSR count). The van der Waals surface area contributed by atoms with Gasteiger partial charge in [-0.1, -0.05) is 5.16 Å². The molecule has 0 radical (unpaired) electrons. The Labute approximate surface area is 90.4 Å². The Balaban J connectivity index is 2.92. The van der Waals surface area contributed by atoms with Crippen molar-refractivity contribution in [2.75, 3.05) is 0 Å². The summed E-state index contributed by atoms with van der Waals surface area (Å²) in [6.45, 7) is 7.97. The van der Waals surface area contributed by atoms with Gasteiger partial charge in [-0.25, -0.2) is 0 Å². The van der Waals surface area contributed by atoms with Gasteiger partial charge < -0.3 is 9.94 Å². The Hall–Kier alpha value is -1.51. The minimum Gasteiger partial charge on any atom is -0.488 e. The van der Waals surface area contributed by atoms with E-state index in [4.69, 9.17) is 9.94 Å². The van der Waals surface area contributed by atoms with Gasteiger partial charge in [0, 0.05) is 0 Å². The lowest BCUT2D eigenvalue weighted by atomic mass is 10.1. The third-order valence-corrected chi connectivity index (χ3v) is 1.86. The number of nitrogens with zero attached hydrogens (tertiary/aromatic N) is 1. The largest absolute Gasteiger partial charge is 0.488 e. The SMILES string of the molecule is Cc1cc(OC(C)(C)C)ccc1C=NO. The van der Waals surface area contributed by atoms with Crippen molar-refractivity contribution in [3.63, 3.8) is 0 Å². The van der Waals surface area contributed by atoms with E-state index in [1.54, 1.807) is 0 Å². The van der Waals surface area contributed by atoms with Gasteiger partial charge in [0.05, 0.1) is 6.21 Å². The van der Waals surface area contributed by atoms with Crippen LogP contribution in [0.2, 0.25) is 0 Å². The van der Waals surface area contributed by atoms with E-state index in [2.05, 4.69) is 5.16 Å². The third-order valence-electron chi connectivity index (χ3n) is 1.86. The van der Waals surface area contributed by atoms with Crippen LogP contribution in [0.1, 0.15) is 31.9 Å². The summed E-state index contributed by atoms with van der Waals surface area (Å²) in [5, 5.41) is 11.4. The molecule has 0 unspecified atom stereocenters. The van der Waals surface area contributed by atoms with Gasteiger partial charge in [0.2, 0.25) is 0 Å². The van der Waals surface area contributed by atoms with Crippen LogP contribution >= 0.6 is 0 Å². The second-order valence-corrected chi connectivity index (χ2v) is 4.48. The molecule has 0 atom stereocenters. The number of hydrogen-bond donors (Lipinski definition) is 1. The predicted molar refractivity (Wildman–Crippen MR) is 60.9 cm³/mol. The van der Waals surface area contributed by atoms with E-state index in [9.17, 15) is 0 Å². The van der Waals surface area contributed by atoms with Crippen molar-refractivity contribution < 1.29 is 9.94 Å². The summed E-state index contributed by atoms with van der Waals surface area (Å²) >= 11 is 0. The Morgan fingerprint density at radius 3 is 2.47 bits per heavy atom. The lowest BCUT2D eigenvalue weighted by molar-refractivity contribution is 0.131. The first-order valence-corrected chi connectivity index (χ1v) is 4.89. The maximum absolute atomic E-state index is 8.44. The number of aryl methyl sites for hydroxylation is 1. The van der Waals surface area contributed by atoms with Gasteiger partial charge in [0.1, 0.15) is 11.4 Å². The van der Waals surface area contributed by atoms with Crippen LogP contribution in [0.5, 0.6) is 5.75 Å². The van der Waals surface area contributed by atoms with Crippen molar-refractivity contribution in [1.82, 2.24) is 0 Å². The molecule has 0 saturated carbocycles. The fourth-order valence-electron chi connectivity index (χ4n) is 1.27. The summed E-state index contributed by atoms with van der Waals surface area (Å²) in [5.41, 5.74) is 1.72. The van der Waals surface area contributed by atoms with E-state index in [0.29, 0.717) is 0 Å². The monoisotopic (exact) mass is 207 g/mol. The molecule has 0 amide bonds. The molecule has 15 heavy (non-hydrogen) atoms. The average molecular weight is 207 g/mol. The highest BCUT2D eigenvalue weighted by molar-refractivity contribution is 5.81. The van der Waals surface area contributed by atoms with Crippen molar-refractivity contribution in [1.29, 1.82) is 0 Å². The highest BCUT2D eigenvalue weighted by atomic mass is 16.5. The number of benzene rings is 1. The standard InChI is InChI=1S/C12H17NO2/c1-9-7-11(15-12(2,3)4)6-5-10(9)8-13-14/h5-8,14H,1-4H3. The lowest BCUT2D eigenvalue weighted by Gasteiger charge is -2.21. The van der Waals surface area contributed by atoms with E-state index in [1.807, 2.05) is 45.9 Å². The summed E-state index contributed by atoms with van der Waals surface area (Å²) in [7, 11) is 0. The van der Waals surface area contributed by atoms with E-state index >= 15 is 0 Å². The van der Waals surface area contributed by atoms with Crippen LogP contribution in [0.4, 0.5) is 0 Å². The van der Waals surface area contributed by atoms with E-state index < -0.39 is 0 Å². The van der Waals surface area contributed by atoms with Crippen LogP contribution in [0.25, 0.3) is 0 Å². The topological polar surface area (TPSA) is 41.8 Å². The zero-order chi connectivity index (χ0) is 11.5. The van der Waals surface area contributed by atoms with Gasteiger partial charge in [0.15, 0.2) is 0 Å². The molecule has 0 aliphatic carbocycles. The van der Waals surface area contributed by atoms with Crippen LogP contribution in [0, 0.1) is 6.92 Å². The molecule has 0 saturated heterocycles. The van der Waals surface area contributed by atoms with Gasteiger partial charge in [0.25, 0.3) is 0 Å². The quantitative estimate of drug-likeness (QED) is 0.460. The zero-order valence-corrected chi connectivity index (χ0v) is 9.61. The van der Waals surface area contributed by atoms with Crippen molar-refractivity contribution in [3.8, 4) is 5.75 Å². The van der Waals surface area contributed by atoms with E-state index in [0.717, 1.165) is 16.9 Å². The smallest absolute Gasteiger partial charge is 0.120 e. The highest BCUT2D eigenvalue weighted by Crippen LogP contribution is 2.20. The summed E-state index contributed by atoms with van der Waals surface area (Å²) in [6.07, 6.45) is 1.41. The van der Waals surface area contributed by atoms with Crippen LogP contribution in [-0.2, 0) is 0 Å². The Bertz CT molecular complexity index is 364. The van der Waals surface area contributed by atoms with Crippen molar-refractivity contribution in [3.05, 3.63) is 29.3 Å². The molecular weight excluding hydrogens is 190 g/mol. The molecule has 3 nitrogen and oxygen atoms in total. The van der Waals surface area contributed by atoms with Crippen LogP contribution in [0.3, 0.4) is 0 Å². The maximum Gasteiger partial charge on any atom is 0.120 e. The first kappa shape index (κ1) is 11.6.